The minimum atomic E-state index is -0.805. The molecule has 1 saturated heterocycles. The van der Waals surface area contributed by atoms with Crippen molar-refractivity contribution in [2.24, 2.45) is 10.9 Å². The van der Waals surface area contributed by atoms with Gasteiger partial charge >= 0.3 is 0 Å². The maximum absolute atomic E-state index is 13.4. The monoisotopic (exact) mass is 503 g/mol. The Kier molecular flexibility index (Phi) is 9.01. The molecule has 3 rings (SSSR count). The van der Waals surface area contributed by atoms with Crippen molar-refractivity contribution in [3.63, 3.8) is 0 Å². The van der Waals surface area contributed by atoms with E-state index in [4.69, 9.17) is 4.99 Å². The quantitative estimate of drug-likeness (QED) is 0.346. The lowest BCUT2D eigenvalue weighted by Crippen LogP contribution is -2.39. The summed E-state index contributed by atoms with van der Waals surface area (Å²) in [6, 6.07) is 8.12. The summed E-state index contributed by atoms with van der Waals surface area (Å²) in [7, 11) is 0. The molecule has 2 N–H and O–H groups in total. The predicted octanol–water partition coefficient (Wildman–Crippen LogP) is 3.47. The third-order valence-corrected chi connectivity index (χ3v) is 4.73. The van der Waals surface area contributed by atoms with Gasteiger partial charge < -0.3 is 20.1 Å². The lowest BCUT2D eigenvalue weighted by atomic mass is 10.1. The third-order valence-electron chi connectivity index (χ3n) is 4.73. The smallest absolute Gasteiger partial charge is 0.191 e. The van der Waals surface area contributed by atoms with Crippen LogP contribution in [0.4, 0.5) is 14.5 Å². The molecule has 0 aliphatic carbocycles. The van der Waals surface area contributed by atoms with E-state index in [9.17, 15) is 8.78 Å². The number of hydrogen-bond acceptors (Lipinski definition) is 2. The SMILES string of the molecule is CCNC(=NCC1CCN(c2ccc(F)c(F)c2)C1)NCCn1cccc1.I. The molecular weight excluding hydrogens is 475 g/mol. The number of nitrogens with one attached hydrogen (secondary N) is 2. The van der Waals surface area contributed by atoms with Crippen LogP contribution in [0.2, 0.25) is 0 Å². The molecule has 1 atom stereocenters. The highest BCUT2D eigenvalue weighted by Crippen LogP contribution is 2.25. The van der Waals surface area contributed by atoms with Gasteiger partial charge in [-0.1, -0.05) is 0 Å². The zero-order valence-corrected chi connectivity index (χ0v) is 18.4. The molecule has 1 fully saturated rings. The first-order valence-electron chi connectivity index (χ1n) is 9.48. The van der Waals surface area contributed by atoms with Crippen LogP contribution >= 0.6 is 24.0 Å². The van der Waals surface area contributed by atoms with Crippen molar-refractivity contribution in [2.45, 2.75) is 19.9 Å². The van der Waals surface area contributed by atoms with E-state index in [1.54, 1.807) is 6.07 Å². The van der Waals surface area contributed by atoms with Crippen LogP contribution in [0, 0.1) is 17.6 Å². The Bertz CT molecular complexity index is 751. The minimum absolute atomic E-state index is 0. The summed E-state index contributed by atoms with van der Waals surface area (Å²) in [4.78, 5) is 6.79. The molecule has 0 spiro atoms. The lowest BCUT2D eigenvalue weighted by molar-refractivity contribution is 0.508. The lowest BCUT2D eigenvalue weighted by Gasteiger charge is -2.18. The van der Waals surface area contributed by atoms with E-state index in [0.717, 1.165) is 50.8 Å². The fourth-order valence-corrected chi connectivity index (χ4v) is 3.28. The van der Waals surface area contributed by atoms with E-state index < -0.39 is 11.6 Å². The molecule has 0 saturated carbocycles. The number of guanidine groups is 1. The third kappa shape index (κ3) is 6.35. The van der Waals surface area contributed by atoms with Crippen LogP contribution in [-0.4, -0.2) is 43.3 Å². The highest BCUT2D eigenvalue weighted by molar-refractivity contribution is 14.0. The number of anilines is 1. The molecule has 1 aliphatic heterocycles. The number of nitrogens with zero attached hydrogens (tertiary/aromatic N) is 3. The largest absolute Gasteiger partial charge is 0.371 e. The molecule has 0 radical (unpaired) electrons. The van der Waals surface area contributed by atoms with Gasteiger partial charge in [-0.25, -0.2) is 8.78 Å². The summed E-state index contributed by atoms with van der Waals surface area (Å²) in [5, 5.41) is 6.62. The summed E-state index contributed by atoms with van der Waals surface area (Å²) in [5.74, 6) is -0.385. The molecule has 0 bridgehead atoms. The average molecular weight is 503 g/mol. The van der Waals surface area contributed by atoms with Gasteiger partial charge in [-0.3, -0.25) is 4.99 Å². The molecule has 1 aromatic heterocycles. The number of hydrogen-bond donors (Lipinski definition) is 2. The first kappa shape index (κ1) is 22.4. The van der Waals surface area contributed by atoms with Gasteiger partial charge in [0.15, 0.2) is 17.6 Å². The molecule has 1 unspecified atom stereocenters. The first-order chi connectivity index (χ1) is 13.2. The molecule has 154 valence electrons. The highest BCUT2D eigenvalue weighted by atomic mass is 127. The standard InChI is InChI=1S/C20H27F2N5.HI/c1-2-23-20(24-8-12-26-9-3-4-10-26)25-14-16-7-11-27(15-16)17-5-6-18(21)19(22)13-17;/h3-6,9-10,13,16H,2,7-8,11-12,14-15H2,1H3,(H2,23,24,25);1H. The van der Waals surface area contributed by atoms with E-state index in [2.05, 4.69) is 20.1 Å². The Labute approximate surface area is 182 Å². The summed E-state index contributed by atoms with van der Waals surface area (Å²) in [6.07, 6.45) is 5.07. The summed E-state index contributed by atoms with van der Waals surface area (Å²) >= 11 is 0. The van der Waals surface area contributed by atoms with Gasteiger partial charge in [-0.15, -0.1) is 24.0 Å². The minimum Gasteiger partial charge on any atom is -0.371 e. The molecule has 0 amide bonds. The van der Waals surface area contributed by atoms with Crippen LogP contribution in [0.1, 0.15) is 13.3 Å². The van der Waals surface area contributed by atoms with Gasteiger partial charge in [0.05, 0.1) is 0 Å². The molecule has 8 heteroatoms. The van der Waals surface area contributed by atoms with E-state index in [1.807, 2.05) is 31.5 Å². The van der Waals surface area contributed by atoms with Crippen molar-refractivity contribution in [3.05, 3.63) is 54.4 Å². The molecular formula is C20H28F2IN5. The molecule has 28 heavy (non-hydrogen) atoms. The zero-order valence-electron chi connectivity index (χ0n) is 16.1. The molecule has 5 nitrogen and oxygen atoms in total. The van der Waals surface area contributed by atoms with Crippen molar-refractivity contribution in [1.29, 1.82) is 0 Å². The molecule has 2 aromatic rings. The Hall–Kier alpha value is -1.84. The fourth-order valence-electron chi connectivity index (χ4n) is 3.28. The van der Waals surface area contributed by atoms with Crippen LogP contribution in [0.25, 0.3) is 0 Å². The van der Waals surface area contributed by atoms with E-state index >= 15 is 0 Å². The Morgan fingerprint density at radius 2 is 1.96 bits per heavy atom. The maximum atomic E-state index is 13.4. The van der Waals surface area contributed by atoms with Gasteiger partial charge in [0.1, 0.15) is 0 Å². The van der Waals surface area contributed by atoms with Crippen LogP contribution in [0.15, 0.2) is 47.7 Å². The molecule has 2 heterocycles. The Morgan fingerprint density at radius 3 is 2.68 bits per heavy atom. The van der Waals surface area contributed by atoms with Crippen molar-refractivity contribution in [2.75, 3.05) is 37.6 Å². The second-order valence-electron chi connectivity index (χ2n) is 6.77. The van der Waals surface area contributed by atoms with Crippen LogP contribution in [-0.2, 0) is 6.54 Å². The van der Waals surface area contributed by atoms with Crippen LogP contribution in [0.3, 0.4) is 0 Å². The molecule has 1 aromatic carbocycles. The van der Waals surface area contributed by atoms with Gasteiger partial charge in [0.25, 0.3) is 0 Å². The second kappa shape index (κ2) is 11.2. The summed E-state index contributed by atoms with van der Waals surface area (Å²) in [5.41, 5.74) is 0.733. The molecule has 1 aliphatic rings. The van der Waals surface area contributed by atoms with E-state index in [1.165, 1.54) is 12.1 Å². The van der Waals surface area contributed by atoms with Gasteiger partial charge in [-0.05, 0) is 43.5 Å². The number of benzene rings is 1. The van der Waals surface area contributed by atoms with Crippen molar-refractivity contribution < 1.29 is 8.78 Å². The van der Waals surface area contributed by atoms with Crippen LogP contribution < -0.4 is 15.5 Å². The topological polar surface area (TPSA) is 44.6 Å². The first-order valence-corrected chi connectivity index (χ1v) is 9.48. The predicted molar refractivity (Wildman–Crippen MR) is 121 cm³/mol. The second-order valence-corrected chi connectivity index (χ2v) is 6.77. The van der Waals surface area contributed by atoms with Gasteiger partial charge in [0, 0.05) is 63.4 Å². The Balaban J connectivity index is 0.00000280. The van der Waals surface area contributed by atoms with Gasteiger partial charge in [-0.2, -0.15) is 0 Å². The maximum Gasteiger partial charge on any atom is 0.191 e. The van der Waals surface area contributed by atoms with Crippen molar-refractivity contribution >= 4 is 35.6 Å². The fraction of sp³-hybridized carbons (Fsp3) is 0.450. The summed E-state index contributed by atoms with van der Waals surface area (Å²) < 4.78 is 28.7. The van der Waals surface area contributed by atoms with Crippen molar-refractivity contribution in [3.8, 4) is 0 Å². The number of rotatable bonds is 7. The number of aliphatic imine (C=N–C) groups is 1. The number of halogens is 3. The van der Waals surface area contributed by atoms with Gasteiger partial charge in [0.2, 0.25) is 0 Å². The normalized spacial score (nSPS) is 16.8. The summed E-state index contributed by atoms with van der Waals surface area (Å²) in [6.45, 7) is 6.88. The van der Waals surface area contributed by atoms with Crippen molar-refractivity contribution in [1.82, 2.24) is 15.2 Å². The Morgan fingerprint density at radius 1 is 1.18 bits per heavy atom. The zero-order chi connectivity index (χ0) is 19.1. The number of aromatic nitrogens is 1. The average Bonchev–Trinajstić information content (AvgIpc) is 3.34. The van der Waals surface area contributed by atoms with E-state index in [0.29, 0.717) is 12.5 Å². The van der Waals surface area contributed by atoms with Crippen LogP contribution in [0.5, 0.6) is 0 Å². The highest BCUT2D eigenvalue weighted by Gasteiger charge is 2.23. The van der Waals surface area contributed by atoms with E-state index in [-0.39, 0.29) is 24.0 Å².